The first-order chi connectivity index (χ1) is 14.1. The van der Waals surface area contributed by atoms with Crippen molar-refractivity contribution < 1.29 is 4.79 Å². The van der Waals surface area contributed by atoms with E-state index < -0.39 is 0 Å². The highest BCUT2D eigenvalue weighted by Gasteiger charge is 2.41. The van der Waals surface area contributed by atoms with E-state index in [2.05, 4.69) is 26.3 Å². The van der Waals surface area contributed by atoms with E-state index >= 15 is 0 Å². The number of aryl methyl sites for hydroxylation is 1. The van der Waals surface area contributed by atoms with Gasteiger partial charge in [-0.2, -0.15) is 0 Å². The molecule has 4 heterocycles. The molecule has 2 aromatic rings. The first-order valence-corrected chi connectivity index (χ1v) is 10.6. The Morgan fingerprint density at radius 1 is 1.24 bits per heavy atom. The Bertz CT molecular complexity index is 983. The summed E-state index contributed by atoms with van der Waals surface area (Å²) < 4.78 is 1.95. The van der Waals surface area contributed by atoms with Crippen molar-refractivity contribution in [3.63, 3.8) is 0 Å². The van der Waals surface area contributed by atoms with Crippen LogP contribution >= 0.6 is 0 Å². The third kappa shape index (κ3) is 3.32. The third-order valence-electron chi connectivity index (χ3n) is 6.87. The fourth-order valence-electron chi connectivity index (χ4n) is 5.12. The van der Waals surface area contributed by atoms with Crippen molar-refractivity contribution in [1.29, 1.82) is 0 Å². The topological polar surface area (TPSA) is 80.1 Å². The fraction of sp³-hybridized carbons (Fsp3) is 0.545. The number of nitrogens with one attached hydrogen (secondary N) is 1. The molecule has 1 saturated carbocycles. The second kappa shape index (κ2) is 7.28. The van der Waals surface area contributed by atoms with Gasteiger partial charge in [0.25, 0.3) is 5.56 Å². The van der Waals surface area contributed by atoms with Crippen LogP contribution in [0.3, 0.4) is 0 Å². The summed E-state index contributed by atoms with van der Waals surface area (Å²) in [5, 5.41) is 3.15. The van der Waals surface area contributed by atoms with Crippen molar-refractivity contribution in [1.82, 2.24) is 19.9 Å². The maximum absolute atomic E-state index is 12.8. The fourth-order valence-corrected chi connectivity index (χ4v) is 5.12. The number of pyridine rings is 1. The van der Waals surface area contributed by atoms with E-state index in [1.165, 1.54) is 0 Å². The van der Waals surface area contributed by atoms with Gasteiger partial charge in [0.15, 0.2) is 0 Å². The van der Waals surface area contributed by atoms with Gasteiger partial charge in [-0.05, 0) is 38.2 Å². The minimum atomic E-state index is -0.0234. The zero-order valence-electron chi connectivity index (χ0n) is 16.8. The summed E-state index contributed by atoms with van der Waals surface area (Å²) >= 11 is 0. The van der Waals surface area contributed by atoms with Crippen LogP contribution in [0, 0.1) is 18.8 Å². The molecule has 29 heavy (non-hydrogen) atoms. The van der Waals surface area contributed by atoms with Crippen LogP contribution in [-0.2, 0) is 4.79 Å². The number of fused-ring (bicyclic) bond motifs is 4. The summed E-state index contributed by atoms with van der Waals surface area (Å²) in [6, 6.07) is 7.55. The molecule has 2 aliphatic heterocycles. The zero-order chi connectivity index (χ0) is 20.0. The van der Waals surface area contributed by atoms with Crippen molar-refractivity contribution in [3.8, 4) is 0 Å². The average molecular weight is 393 g/mol. The molecule has 3 aliphatic rings. The second-order valence-electron chi connectivity index (χ2n) is 8.71. The molecule has 1 N–H and O–H groups in total. The van der Waals surface area contributed by atoms with Crippen molar-refractivity contribution in [2.75, 3.05) is 24.5 Å². The van der Waals surface area contributed by atoms with Gasteiger partial charge >= 0.3 is 0 Å². The minimum absolute atomic E-state index is 0.0234. The lowest BCUT2D eigenvalue weighted by Crippen LogP contribution is -2.52. The molecule has 152 valence electrons. The predicted octanol–water partition coefficient (Wildman–Crippen LogP) is 2.03. The largest absolute Gasteiger partial charge is 0.355 e. The van der Waals surface area contributed by atoms with Crippen molar-refractivity contribution in [2.24, 2.45) is 11.8 Å². The highest BCUT2D eigenvalue weighted by atomic mass is 16.2. The van der Waals surface area contributed by atoms with Crippen LogP contribution in [0.5, 0.6) is 0 Å². The Kier molecular flexibility index (Phi) is 4.60. The van der Waals surface area contributed by atoms with Crippen LogP contribution in [-0.4, -0.2) is 40.1 Å². The molecule has 0 spiro atoms. The van der Waals surface area contributed by atoms with Gasteiger partial charge in [-0.1, -0.05) is 12.5 Å². The van der Waals surface area contributed by atoms with E-state index in [4.69, 9.17) is 0 Å². The summed E-state index contributed by atoms with van der Waals surface area (Å²) in [5.41, 5.74) is 2.06. The molecule has 2 bridgehead atoms. The minimum Gasteiger partial charge on any atom is -0.355 e. The normalized spacial score (nSPS) is 25.8. The molecule has 5 rings (SSSR count). The standard InChI is InChI=1S/C22H27N5O2/c1-14-8-20(25-13-24-14)26-11-16-9-17(12-26)19(10-23-22(29)15-4-2-5-15)27-18(16)6-3-7-21(27)28/h3,6-8,13,15-17,19H,2,4-5,9-12H2,1H3,(H,23,29)/t16-,17+,19+/m1/s1. The van der Waals surface area contributed by atoms with Crippen LogP contribution in [0.1, 0.15) is 49.0 Å². The third-order valence-corrected chi connectivity index (χ3v) is 6.87. The Balaban J connectivity index is 1.45. The zero-order valence-corrected chi connectivity index (χ0v) is 16.8. The number of rotatable bonds is 4. The van der Waals surface area contributed by atoms with Crippen LogP contribution in [0.2, 0.25) is 0 Å². The Morgan fingerprint density at radius 3 is 2.86 bits per heavy atom. The highest BCUT2D eigenvalue weighted by molar-refractivity contribution is 5.79. The van der Waals surface area contributed by atoms with E-state index in [1.54, 1.807) is 12.4 Å². The first kappa shape index (κ1) is 18.3. The molecule has 7 nitrogen and oxygen atoms in total. The Labute approximate surface area is 170 Å². The second-order valence-corrected chi connectivity index (χ2v) is 8.71. The summed E-state index contributed by atoms with van der Waals surface area (Å²) in [5.74, 6) is 1.82. The number of anilines is 1. The van der Waals surface area contributed by atoms with Gasteiger partial charge < -0.3 is 14.8 Å². The molecule has 3 atom stereocenters. The van der Waals surface area contributed by atoms with E-state index in [-0.39, 0.29) is 29.3 Å². The SMILES string of the molecule is Cc1cc(N2C[C@H]3C[C@@H](C2)[C@H](CNC(=O)C2CCC2)n2c3cccc2=O)ncn1. The number of aromatic nitrogens is 3. The van der Waals surface area contributed by atoms with Crippen LogP contribution in [0.15, 0.2) is 35.4 Å². The van der Waals surface area contributed by atoms with Gasteiger partial charge in [0, 0.05) is 55.0 Å². The van der Waals surface area contributed by atoms with Crippen LogP contribution in [0.25, 0.3) is 0 Å². The van der Waals surface area contributed by atoms with Gasteiger partial charge in [-0.25, -0.2) is 9.97 Å². The number of hydrogen-bond acceptors (Lipinski definition) is 5. The molecular formula is C22H27N5O2. The Hall–Kier alpha value is -2.70. The van der Waals surface area contributed by atoms with Crippen LogP contribution < -0.4 is 15.8 Å². The predicted molar refractivity (Wildman–Crippen MR) is 110 cm³/mol. The van der Waals surface area contributed by atoms with Crippen molar-refractivity contribution >= 4 is 11.7 Å². The smallest absolute Gasteiger partial charge is 0.251 e. The molecule has 2 aromatic heterocycles. The molecule has 1 aliphatic carbocycles. The molecule has 1 saturated heterocycles. The monoisotopic (exact) mass is 393 g/mol. The lowest BCUT2D eigenvalue weighted by molar-refractivity contribution is -0.127. The molecule has 0 radical (unpaired) electrons. The Morgan fingerprint density at radius 2 is 2.10 bits per heavy atom. The number of amides is 1. The van der Waals surface area contributed by atoms with E-state index in [0.29, 0.717) is 12.5 Å². The number of piperidine rings is 1. The van der Waals surface area contributed by atoms with E-state index in [0.717, 1.165) is 56.0 Å². The summed E-state index contributed by atoms with van der Waals surface area (Å²) in [6.45, 7) is 4.17. The van der Waals surface area contributed by atoms with Crippen LogP contribution in [0.4, 0.5) is 5.82 Å². The average Bonchev–Trinajstić information content (AvgIpc) is 2.67. The summed E-state index contributed by atoms with van der Waals surface area (Å²) in [7, 11) is 0. The van der Waals surface area contributed by atoms with E-state index in [9.17, 15) is 9.59 Å². The number of hydrogen-bond donors (Lipinski definition) is 1. The number of nitrogens with zero attached hydrogens (tertiary/aromatic N) is 4. The quantitative estimate of drug-likeness (QED) is 0.860. The van der Waals surface area contributed by atoms with E-state index in [1.807, 2.05) is 23.6 Å². The molecule has 1 amide bonds. The van der Waals surface area contributed by atoms with Gasteiger partial charge in [0.05, 0.1) is 6.04 Å². The van der Waals surface area contributed by atoms with Crippen molar-refractivity contribution in [2.45, 2.75) is 44.6 Å². The van der Waals surface area contributed by atoms with Gasteiger partial charge in [0.1, 0.15) is 12.1 Å². The first-order valence-electron chi connectivity index (χ1n) is 10.6. The maximum atomic E-state index is 12.8. The molecule has 0 aromatic carbocycles. The number of carbonyl (C=O) groups is 1. The molecule has 0 unspecified atom stereocenters. The molecule has 2 fully saturated rings. The summed E-state index contributed by atoms with van der Waals surface area (Å²) in [6.07, 6.45) is 5.76. The van der Waals surface area contributed by atoms with Gasteiger partial charge in [-0.15, -0.1) is 0 Å². The molecular weight excluding hydrogens is 366 g/mol. The van der Waals surface area contributed by atoms with Gasteiger partial charge in [-0.3, -0.25) is 9.59 Å². The highest BCUT2D eigenvalue weighted by Crippen LogP contribution is 2.41. The van der Waals surface area contributed by atoms with Gasteiger partial charge in [0.2, 0.25) is 5.91 Å². The molecule has 7 heteroatoms. The lowest BCUT2D eigenvalue weighted by atomic mass is 9.78. The number of carbonyl (C=O) groups excluding carboxylic acids is 1. The summed E-state index contributed by atoms with van der Waals surface area (Å²) in [4.78, 5) is 36.2. The van der Waals surface area contributed by atoms with Crippen molar-refractivity contribution in [3.05, 3.63) is 52.3 Å². The lowest BCUT2D eigenvalue weighted by Gasteiger charge is -2.47. The maximum Gasteiger partial charge on any atom is 0.251 e.